The SMILES string of the molecule is COc1ccccc1C=CC(=O)c1cnn(C(C)C)c1. The molecule has 0 aliphatic carbocycles. The van der Waals surface area contributed by atoms with Crippen LogP contribution in [0, 0.1) is 0 Å². The largest absolute Gasteiger partial charge is 0.496 e. The van der Waals surface area contributed by atoms with Gasteiger partial charge >= 0.3 is 0 Å². The average molecular weight is 270 g/mol. The van der Waals surface area contributed by atoms with E-state index < -0.39 is 0 Å². The van der Waals surface area contributed by atoms with Crippen LogP contribution in [0.3, 0.4) is 0 Å². The number of carbonyl (C=O) groups excluding carboxylic acids is 1. The molecule has 0 atom stereocenters. The Morgan fingerprint density at radius 2 is 2.10 bits per heavy atom. The zero-order valence-electron chi connectivity index (χ0n) is 11.9. The highest BCUT2D eigenvalue weighted by molar-refractivity contribution is 6.06. The number of ketones is 1. The summed E-state index contributed by atoms with van der Waals surface area (Å²) in [5.74, 6) is 0.678. The molecule has 0 radical (unpaired) electrons. The third-order valence-corrected chi connectivity index (χ3v) is 2.97. The van der Waals surface area contributed by atoms with Crippen LogP contribution >= 0.6 is 0 Å². The van der Waals surface area contributed by atoms with Crippen molar-refractivity contribution in [1.82, 2.24) is 9.78 Å². The Kier molecular flexibility index (Phi) is 4.35. The molecule has 0 amide bonds. The Morgan fingerprint density at radius 3 is 2.75 bits per heavy atom. The van der Waals surface area contributed by atoms with E-state index in [9.17, 15) is 4.79 Å². The van der Waals surface area contributed by atoms with Crippen LogP contribution in [0.15, 0.2) is 42.7 Å². The van der Waals surface area contributed by atoms with Crippen molar-refractivity contribution in [3.8, 4) is 5.75 Å². The van der Waals surface area contributed by atoms with Gasteiger partial charge in [0.25, 0.3) is 0 Å². The molecule has 20 heavy (non-hydrogen) atoms. The van der Waals surface area contributed by atoms with Gasteiger partial charge in [0.15, 0.2) is 5.78 Å². The lowest BCUT2D eigenvalue weighted by Crippen LogP contribution is -2.00. The van der Waals surface area contributed by atoms with Gasteiger partial charge in [0.2, 0.25) is 0 Å². The van der Waals surface area contributed by atoms with Gasteiger partial charge in [-0.25, -0.2) is 0 Å². The van der Waals surface area contributed by atoms with Crippen molar-refractivity contribution in [3.63, 3.8) is 0 Å². The van der Waals surface area contributed by atoms with E-state index in [4.69, 9.17) is 4.74 Å². The maximum atomic E-state index is 12.1. The maximum Gasteiger partial charge on any atom is 0.189 e. The van der Waals surface area contributed by atoms with E-state index in [-0.39, 0.29) is 11.8 Å². The van der Waals surface area contributed by atoms with Crippen LogP contribution in [0.25, 0.3) is 6.08 Å². The number of carbonyl (C=O) groups is 1. The molecule has 0 unspecified atom stereocenters. The van der Waals surface area contributed by atoms with Gasteiger partial charge in [0.05, 0.1) is 18.9 Å². The highest BCUT2D eigenvalue weighted by Gasteiger charge is 2.07. The predicted octanol–water partition coefficient (Wildman–Crippen LogP) is 3.37. The summed E-state index contributed by atoms with van der Waals surface area (Å²) >= 11 is 0. The number of methoxy groups -OCH3 is 1. The van der Waals surface area contributed by atoms with Crippen molar-refractivity contribution < 1.29 is 9.53 Å². The number of allylic oxidation sites excluding steroid dienone is 1. The molecule has 104 valence electrons. The van der Waals surface area contributed by atoms with Gasteiger partial charge in [-0.15, -0.1) is 0 Å². The lowest BCUT2D eigenvalue weighted by Gasteiger charge is -2.03. The molecule has 4 nitrogen and oxygen atoms in total. The second kappa shape index (κ2) is 6.19. The number of rotatable bonds is 5. The highest BCUT2D eigenvalue weighted by Crippen LogP contribution is 2.19. The summed E-state index contributed by atoms with van der Waals surface area (Å²) in [6.45, 7) is 4.04. The van der Waals surface area contributed by atoms with Crippen LogP contribution in [0.1, 0.15) is 35.8 Å². The van der Waals surface area contributed by atoms with Crippen LogP contribution < -0.4 is 4.74 Å². The molecule has 1 aromatic heterocycles. The molecular formula is C16H18N2O2. The first-order valence-electron chi connectivity index (χ1n) is 6.51. The van der Waals surface area contributed by atoms with E-state index >= 15 is 0 Å². The lowest BCUT2D eigenvalue weighted by molar-refractivity contribution is 0.104. The monoisotopic (exact) mass is 270 g/mol. The first-order chi connectivity index (χ1) is 9.61. The smallest absolute Gasteiger partial charge is 0.189 e. The fraction of sp³-hybridized carbons (Fsp3) is 0.250. The van der Waals surface area contributed by atoms with Crippen LogP contribution in [0.5, 0.6) is 5.75 Å². The normalized spacial score (nSPS) is 11.2. The zero-order chi connectivity index (χ0) is 14.5. The standard InChI is InChI=1S/C16H18N2O2/c1-12(2)18-11-14(10-17-18)15(19)9-8-13-6-4-5-7-16(13)20-3/h4-12H,1-3H3. The molecule has 1 aromatic carbocycles. The summed E-state index contributed by atoms with van der Waals surface area (Å²) in [5, 5.41) is 4.16. The summed E-state index contributed by atoms with van der Waals surface area (Å²) in [4.78, 5) is 12.1. The summed E-state index contributed by atoms with van der Waals surface area (Å²) < 4.78 is 7.01. The number of nitrogens with zero attached hydrogens (tertiary/aromatic N) is 2. The first kappa shape index (κ1) is 14.1. The van der Waals surface area contributed by atoms with Gasteiger partial charge in [-0.3, -0.25) is 9.48 Å². The van der Waals surface area contributed by atoms with E-state index in [1.165, 1.54) is 0 Å². The summed E-state index contributed by atoms with van der Waals surface area (Å²) in [6, 6.07) is 7.81. The Hall–Kier alpha value is -2.36. The van der Waals surface area contributed by atoms with Gasteiger partial charge in [-0.1, -0.05) is 18.2 Å². The molecular weight excluding hydrogens is 252 g/mol. The van der Waals surface area contributed by atoms with Gasteiger partial charge in [0, 0.05) is 17.8 Å². The molecule has 0 N–H and O–H groups in total. The third-order valence-electron chi connectivity index (χ3n) is 2.97. The van der Waals surface area contributed by atoms with Crippen LogP contribution in [-0.2, 0) is 0 Å². The molecule has 2 aromatic rings. The predicted molar refractivity (Wildman–Crippen MR) is 79.0 cm³/mol. The molecule has 0 bridgehead atoms. The molecule has 0 aliphatic rings. The number of aromatic nitrogens is 2. The Balaban J connectivity index is 2.16. The highest BCUT2D eigenvalue weighted by atomic mass is 16.5. The van der Waals surface area contributed by atoms with E-state index in [0.29, 0.717) is 5.56 Å². The van der Waals surface area contributed by atoms with Crippen LogP contribution in [0.2, 0.25) is 0 Å². The molecule has 1 heterocycles. The van der Waals surface area contributed by atoms with Crippen LogP contribution in [0.4, 0.5) is 0 Å². The van der Waals surface area contributed by atoms with E-state index in [0.717, 1.165) is 11.3 Å². The van der Waals surface area contributed by atoms with Gasteiger partial charge in [-0.05, 0) is 32.1 Å². The average Bonchev–Trinajstić information content (AvgIpc) is 2.95. The van der Waals surface area contributed by atoms with Gasteiger partial charge in [-0.2, -0.15) is 5.10 Å². The number of benzene rings is 1. The van der Waals surface area contributed by atoms with Gasteiger partial charge < -0.3 is 4.74 Å². The summed E-state index contributed by atoms with van der Waals surface area (Å²) in [5.41, 5.74) is 1.46. The Labute approximate surface area is 118 Å². The first-order valence-corrected chi connectivity index (χ1v) is 6.51. The summed E-state index contributed by atoms with van der Waals surface area (Å²) in [7, 11) is 1.61. The molecule has 0 aliphatic heterocycles. The zero-order valence-corrected chi connectivity index (χ0v) is 11.9. The minimum absolute atomic E-state index is 0.0668. The summed E-state index contributed by atoms with van der Waals surface area (Å²) in [6.07, 6.45) is 6.65. The van der Waals surface area contributed by atoms with Crippen molar-refractivity contribution in [1.29, 1.82) is 0 Å². The fourth-order valence-electron chi connectivity index (χ4n) is 1.81. The Morgan fingerprint density at radius 1 is 1.35 bits per heavy atom. The second-order valence-corrected chi connectivity index (χ2v) is 4.74. The minimum atomic E-state index is -0.0668. The van der Waals surface area contributed by atoms with Crippen molar-refractivity contribution in [3.05, 3.63) is 53.9 Å². The topological polar surface area (TPSA) is 44.1 Å². The molecule has 2 rings (SSSR count). The Bertz CT molecular complexity index is 627. The number of para-hydroxylation sites is 1. The van der Waals surface area contributed by atoms with Gasteiger partial charge in [0.1, 0.15) is 5.75 Å². The van der Waals surface area contributed by atoms with E-state index in [2.05, 4.69) is 5.10 Å². The van der Waals surface area contributed by atoms with E-state index in [1.807, 2.05) is 38.1 Å². The molecule has 0 saturated carbocycles. The molecule has 0 saturated heterocycles. The number of hydrogen-bond donors (Lipinski definition) is 0. The fourth-order valence-corrected chi connectivity index (χ4v) is 1.81. The van der Waals surface area contributed by atoms with Crippen molar-refractivity contribution in [2.24, 2.45) is 0 Å². The lowest BCUT2D eigenvalue weighted by atomic mass is 10.1. The van der Waals surface area contributed by atoms with Crippen molar-refractivity contribution >= 4 is 11.9 Å². The molecule has 0 spiro atoms. The van der Waals surface area contributed by atoms with Crippen molar-refractivity contribution in [2.45, 2.75) is 19.9 Å². The second-order valence-electron chi connectivity index (χ2n) is 4.74. The number of hydrogen-bond acceptors (Lipinski definition) is 3. The minimum Gasteiger partial charge on any atom is -0.496 e. The number of ether oxygens (including phenoxy) is 1. The van der Waals surface area contributed by atoms with E-state index in [1.54, 1.807) is 36.3 Å². The van der Waals surface area contributed by atoms with Crippen LogP contribution in [-0.4, -0.2) is 22.7 Å². The maximum absolute atomic E-state index is 12.1. The van der Waals surface area contributed by atoms with Crippen molar-refractivity contribution in [2.75, 3.05) is 7.11 Å². The third kappa shape index (κ3) is 3.15. The quantitative estimate of drug-likeness (QED) is 0.618. The molecule has 4 heteroatoms. The molecule has 0 fully saturated rings.